The lowest BCUT2D eigenvalue weighted by Gasteiger charge is -2.58. The average molecular weight is 711 g/mol. The monoisotopic (exact) mass is 710 g/mol. The first-order chi connectivity index (χ1) is 22.5. The minimum absolute atomic E-state index is 0.203. The van der Waals surface area contributed by atoms with E-state index in [1.807, 2.05) is 54.7 Å². The molecule has 2 aromatic carbocycles. The highest BCUT2D eigenvalue weighted by molar-refractivity contribution is 8.78. The first-order valence-corrected chi connectivity index (χ1v) is 19.4. The normalized spacial score (nSPS) is 36.8. The summed E-state index contributed by atoms with van der Waals surface area (Å²) in [4.78, 5) is 57.1. The van der Waals surface area contributed by atoms with Crippen molar-refractivity contribution < 1.29 is 29.4 Å². The van der Waals surface area contributed by atoms with E-state index < -0.39 is 44.4 Å². The van der Waals surface area contributed by atoms with Crippen molar-refractivity contribution in [2.24, 2.45) is 0 Å². The summed E-state index contributed by atoms with van der Waals surface area (Å²) in [5, 5.41) is 25.2. The number of nitrogens with zero attached hydrogens (tertiary/aromatic N) is 5. The van der Waals surface area contributed by atoms with Crippen LogP contribution in [0.4, 0.5) is 5.69 Å². The van der Waals surface area contributed by atoms with E-state index >= 15 is 0 Å². The molecule has 7 fully saturated rings. The Labute approximate surface area is 285 Å². The third kappa shape index (κ3) is 3.12. The van der Waals surface area contributed by atoms with E-state index in [1.54, 1.807) is 26.0 Å². The van der Waals surface area contributed by atoms with Crippen molar-refractivity contribution in [3.8, 4) is 0 Å². The Kier molecular flexibility index (Phi) is 5.99. The van der Waals surface area contributed by atoms with Gasteiger partial charge in [-0.25, -0.2) is 0 Å². The number of nitrogens with one attached hydrogen (secondary N) is 1. The van der Waals surface area contributed by atoms with Crippen LogP contribution in [-0.2, 0) is 31.1 Å². The molecule has 1 aromatic heterocycles. The Balaban J connectivity index is 1.25. The predicted molar refractivity (Wildman–Crippen MR) is 182 cm³/mol. The SMILES string of the molecule is CN1C(=O)[C@@]23CC4(n5cc(C[C@]67SS[C@](CO)(C(=O)N6C)N(C)C7=O)c6ccccc65)c5ccccc5N[C@@H]4N2C(=O)[C@@]1(CO)SS3. The molecule has 1 spiro atoms. The number of carbonyl (C=O) groups excluding carboxylic acids is 4. The molecule has 4 amide bonds. The summed E-state index contributed by atoms with van der Waals surface area (Å²) >= 11 is 0. The van der Waals surface area contributed by atoms with Gasteiger partial charge in [-0.05, 0) is 39.3 Å². The number of piperazine rings is 2. The van der Waals surface area contributed by atoms with Gasteiger partial charge in [-0.15, -0.1) is 0 Å². The molecule has 0 radical (unpaired) electrons. The van der Waals surface area contributed by atoms with Crippen LogP contribution in [0.3, 0.4) is 0 Å². The van der Waals surface area contributed by atoms with Crippen molar-refractivity contribution in [3.63, 3.8) is 0 Å². The first kappa shape index (κ1) is 30.1. The highest BCUT2D eigenvalue weighted by Gasteiger charge is 2.78. The first-order valence-electron chi connectivity index (χ1n) is 15.1. The molecule has 16 heteroatoms. The molecule has 11 rings (SSSR count). The Morgan fingerprint density at radius 1 is 0.766 bits per heavy atom. The Hall–Kier alpha value is -3.02. The molecule has 0 saturated carbocycles. The lowest BCUT2D eigenvalue weighted by molar-refractivity contribution is -0.166. The quantitative estimate of drug-likeness (QED) is 0.335. The second-order valence-electron chi connectivity index (χ2n) is 13.0. The molecule has 47 heavy (non-hydrogen) atoms. The molecule has 8 aliphatic heterocycles. The summed E-state index contributed by atoms with van der Waals surface area (Å²) in [7, 11) is 9.90. The number of hydrogen-bond acceptors (Lipinski definition) is 11. The van der Waals surface area contributed by atoms with Gasteiger partial charge < -0.3 is 34.8 Å². The van der Waals surface area contributed by atoms with Crippen LogP contribution in [-0.4, -0.2) is 118 Å². The summed E-state index contributed by atoms with van der Waals surface area (Å²) in [6.45, 7) is -0.994. The van der Waals surface area contributed by atoms with E-state index in [9.17, 15) is 29.4 Å². The summed E-state index contributed by atoms with van der Waals surface area (Å²) in [5.74, 6) is -1.11. The lowest BCUT2D eigenvalue weighted by Crippen LogP contribution is -2.77. The number of anilines is 1. The van der Waals surface area contributed by atoms with Gasteiger partial charge in [-0.2, -0.15) is 0 Å². The fourth-order valence-corrected chi connectivity index (χ4v) is 15.7. The standard InChI is InChI=1S/C31H30N6O6S4/c1-33-25(42)30(15-38)34(2)23(40)28(33,44-46-30)12-17-13-36(21-11-7-4-8-18(17)21)27-14-29-24(41)35(3)31(16-39,47-45-29)26(43)37(29)22(27)32-20-10-6-5-9-19(20)27/h4-11,13,22,32,38-39H,12,14-16H2,1-3H3/t22-,27?,28-,29+,30-,31-/m1/s1. The van der Waals surface area contributed by atoms with E-state index in [-0.39, 0.29) is 36.5 Å². The van der Waals surface area contributed by atoms with Gasteiger partial charge in [0.25, 0.3) is 23.6 Å². The number of aromatic nitrogens is 1. The van der Waals surface area contributed by atoms with Crippen molar-refractivity contribution >= 4 is 83.4 Å². The van der Waals surface area contributed by atoms with Crippen LogP contribution in [0.25, 0.3) is 10.9 Å². The number of aliphatic hydroxyl groups is 2. The van der Waals surface area contributed by atoms with Crippen LogP contribution in [0.5, 0.6) is 0 Å². The molecule has 6 atom stereocenters. The topological polar surface area (TPSA) is 139 Å². The fraction of sp³-hybridized carbons (Fsp3) is 0.419. The average Bonchev–Trinajstić information content (AvgIpc) is 3.71. The minimum atomic E-state index is -1.43. The van der Waals surface area contributed by atoms with Gasteiger partial charge in [0.15, 0.2) is 9.74 Å². The van der Waals surface area contributed by atoms with E-state index in [2.05, 4.69) is 9.88 Å². The van der Waals surface area contributed by atoms with Gasteiger partial charge in [0.05, 0.1) is 13.2 Å². The highest BCUT2D eigenvalue weighted by atomic mass is 33.1. The molecule has 8 aliphatic rings. The van der Waals surface area contributed by atoms with Crippen molar-refractivity contribution in [1.29, 1.82) is 0 Å². The number of rotatable bonds is 5. The Morgan fingerprint density at radius 3 is 2.13 bits per heavy atom. The van der Waals surface area contributed by atoms with Gasteiger partial charge in [0, 0.05) is 62.3 Å². The van der Waals surface area contributed by atoms with Crippen molar-refractivity contribution in [2.75, 3.05) is 39.7 Å². The number of aliphatic hydroxyl groups excluding tert-OH is 2. The number of carbonyl (C=O) groups is 4. The summed E-state index contributed by atoms with van der Waals surface area (Å²) < 4.78 is 2.16. The molecule has 0 aliphatic carbocycles. The maximum atomic E-state index is 14.4. The summed E-state index contributed by atoms with van der Waals surface area (Å²) in [5.41, 5.74) is 2.55. The van der Waals surface area contributed by atoms with Gasteiger partial charge in [-0.1, -0.05) is 58.0 Å². The molecule has 244 valence electrons. The number of benzene rings is 2. The minimum Gasteiger partial charge on any atom is -0.392 e. The third-order valence-electron chi connectivity index (χ3n) is 11.1. The second kappa shape index (κ2) is 9.36. The maximum absolute atomic E-state index is 14.4. The van der Waals surface area contributed by atoms with Crippen molar-refractivity contribution in [1.82, 2.24) is 24.2 Å². The smallest absolute Gasteiger partial charge is 0.265 e. The lowest BCUT2D eigenvalue weighted by atomic mass is 9.86. The van der Waals surface area contributed by atoms with Gasteiger partial charge >= 0.3 is 0 Å². The number of hydrogen-bond donors (Lipinski definition) is 3. The van der Waals surface area contributed by atoms with Crippen LogP contribution in [0.15, 0.2) is 54.7 Å². The molecule has 3 N–H and O–H groups in total. The number of para-hydroxylation sites is 2. The molecular weight excluding hydrogens is 681 g/mol. The summed E-state index contributed by atoms with van der Waals surface area (Å²) in [6.07, 6.45) is 1.85. The van der Waals surface area contributed by atoms with E-state index in [4.69, 9.17) is 0 Å². The fourth-order valence-electron chi connectivity index (χ4n) is 8.49. The second-order valence-corrected chi connectivity index (χ2v) is 18.3. The highest BCUT2D eigenvalue weighted by Crippen LogP contribution is 2.69. The van der Waals surface area contributed by atoms with E-state index in [1.165, 1.54) is 57.9 Å². The molecule has 1 unspecified atom stereocenters. The molecule has 12 nitrogen and oxygen atoms in total. The van der Waals surface area contributed by atoms with Crippen LogP contribution in [0, 0.1) is 0 Å². The van der Waals surface area contributed by atoms with Crippen LogP contribution >= 0.6 is 43.2 Å². The zero-order chi connectivity index (χ0) is 32.9. The van der Waals surface area contributed by atoms with Gasteiger partial charge in [0.1, 0.15) is 11.7 Å². The van der Waals surface area contributed by atoms with E-state index in [0.29, 0.717) is 0 Å². The molecule has 9 heterocycles. The van der Waals surface area contributed by atoms with E-state index in [0.717, 1.165) is 27.7 Å². The van der Waals surface area contributed by atoms with Crippen LogP contribution in [0.1, 0.15) is 17.5 Å². The molecular formula is C31H30N6O6S4. The summed E-state index contributed by atoms with van der Waals surface area (Å²) in [6, 6.07) is 15.8. The molecule has 7 saturated heterocycles. The predicted octanol–water partition coefficient (Wildman–Crippen LogP) is 1.87. The van der Waals surface area contributed by atoms with Crippen molar-refractivity contribution in [2.45, 2.75) is 44.0 Å². The largest absolute Gasteiger partial charge is 0.392 e. The Morgan fingerprint density at radius 2 is 1.36 bits per heavy atom. The number of amides is 4. The Bertz CT molecular complexity index is 1980. The number of fused-ring (bicyclic) bond motifs is 9. The maximum Gasteiger partial charge on any atom is 0.265 e. The third-order valence-corrected chi connectivity index (χ3v) is 18.4. The van der Waals surface area contributed by atoms with Gasteiger partial charge in [-0.3, -0.25) is 24.1 Å². The molecule has 4 bridgehead atoms. The van der Waals surface area contributed by atoms with Crippen LogP contribution in [0.2, 0.25) is 0 Å². The van der Waals surface area contributed by atoms with Crippen LogP contribution < -0.4 is 5.32 Å². The zero-order valence-electron chi connectivity index (χ0n) is 25.5. The molecule has 3 aromatic rings. The number of likely N-dealkylation sites (N-methyl/N-ethyl adjacent to an activating group) is 3. The van der Waals surface area contributed by atoms with Gasteiger partial charge in [0.2, 0.25) is 9.74 Å². The zero-order valence-corrected chi connectivity index (χ0v) is 28.8. The van der Waals surface area contributed by atoms with Crippen molar-refractivity contribution in [3.05, 3.63) is 65.9 Å².